The summed E-state index contributed by atoms with van der Waals surface area (Å²) < 4.78 is 10.0. The van der Waals surface area contributed by atoms with Crippen molar-refractivity contribution in [2.75, 3.05) is 7.11 Å². The Morgan fingerprint density at radius 3 is 3.07 bits per heavy atom. The Hall–Kier alpha value is -2.17. The Bertz CT molecular complexity index is 633. The topological polar surface area (TPSA) is 61.0 Å². The van der Waals surface area contributed by atoms with E-state index in [1.54, 1.807) is 12.4 Å². The van der Waals surface area contributed by atoms with Gasteiger partial charge in [0.25, 0.3) is 0 Å². The molecule has 0 unspecified atom stereocenters. The molecule has 0 aliphatic heterocycles. The molecule has 15 heavy (non-hydrogen) atoms. The summed E-state index contributed by atoms with van der Waals surface area (Å²) in [5, 5.41) is 5.54. The van der Waals surface area contributed by atoms with Gasteiger partial charge in [0.2, 0.25) is 0 Å². The maximum absolute atomic E-state index is 5.05. The first-order valence-corrected chi connectivity index (χ1v) is 4.42. The Morgan fingerprint density at radius 1 is 1.27 bits per heavy atom. The number of hydrogen-bond donors (Lipinski definition) is 0. The lowest BCUT2D eigenvalue weighted by Gasteiger charge is -1.99. The first kappa shape index (κ1) is 8.16. The molecule has 2 aromatic heterocycles. The lowest BCUT2D eigenvalue weighted by atomic mass is 10.2. The molecule has 3 rings (SSSR count). The fraction of sp³-hybridized carbons (Fsp3) is 0.100. The smallest absolute Gasteiger partial charge is 0.316 e. The number of benzene rings is 1. The highest BCUT2D eigenvalue weighted by atomic mass is 16.5. The van der Waals surface area contributed by atoms with E-state index in [2.05, 4.69) is 15.1 Å². The molecule has 0 bridgehead atoms. The van der Waals surface area contributed by atoms with Crippen LogP contribution in [0.15, 0.2) is 29.0 Å². The highest BCUT2D eigenvalue weighted by Gasteiger charge is 2.06. The number of fused-ring (bicyclic) bond motifs is 3. The summed E-state index contributed by atoms with van der Waals surface area (Å²) in [4.78, 5) is 8.29. The number of aromatic nitrogens is 3. The zero-order valence-electron chi connectivity index (χ0n) is 7.97. The van der Waals surface area contributed by atoms with Crippen LogP contribution in [0.5, 0.6) is 6.01 Å². The second-order valence-electron chi connectivity index (χ2n) is 3.10. The van der Waals surface area contributed by atoms with E-state index in [1.165, 1.54) is 7.11 Å². The molecular weight excluding hydrogens is 194 g/mol. The Morgan fingerprint density at radius 2 is 2.20 bits per heavy atom. The van der Waals surface area contributed by atoms with Gasteiger partial charge in [0.1, 0.15) is 0 Å². The predicted molar refractivity (Wildman–Crippen MR) is 53.7 cm³/mol. The van der Waals surface area contributed by atoms with E-state index in [1.807, 2.05) is 12.1 Å². The van der Waals surface area contributed by atoms with Crippen molar-refractivity contribution in [1.29, 1.82) is 0 Å². The average molecular weight is 201 g/mol. The van der Waals surface area contributed by atoms with Crippen LogP contribution in [0.1, 0.15) is 0 Å². The van der Waals surface area contributed by atoms with Crippen LogP contribution < -0.4 is 4.74 Å². The minimum atomic E-state index is 0.344. The van der Waals surface area contributed by atoms with Crippen LogP contribution in [0.4, 0.5) is 0 Å². The van der Waals surface area contributed by atoms with E-state index in [0.717, 1.165) is 16.3 Å². The Kier molecular flexibility index (Phi) is 1.58. The number of methoxy groups -OCH3 is 1. The maximum atomic E-state index is 5.05. The average Bonchev–Trinajstić information content (AvgIpc) is 2.76. The molecule has 0 aliphatic rings. The minimum absolute atomic E-state index is 0.344. The van der Waals surface area contributed by atoms with Crippen LogP contribution >= 0.6 is 0 Å². The molecule has 0 saturated carbocycles. The summed E-state index contributed by atoms with van der Waals surface area (Å²) in [6.45, 7) is 0. The molecule has 0 fully saturated rings. The molecule has 5 heteroatoms. The fourth-order valence-electron chi connectivity index (χ4n) is 1.52. The van der Waals surface area contributed by atoms with Crippen molar-refractivity contribution in [3.8, 4) is 6.01 Å². The van der Waals surface area contributed by atoms with Crippen molar-refractivity contribution in [1.82, 2.24) is 15.1 Å². The Balaban J connectivity index is 2.48. The number of nitrogens with zero attached hydrogens (tertiary/aromatic N) is 3. The second kappa shape index (κ2) is 2.91. The van der Waals surface area contributed by atoms with Crippen LogP contribution in [-0.4, -0.2) is 22.2 Å². The summed E-state index contributed by atoms with van der Waals surface area (Å²) in [7, 11) is 1.54. The SMILES string of the molecule is COc1ncc2ccc3oncc3c2n1. The van der Waals surface area contributed by atoms with E-state index in [4.69, 9.17) is 9.26 Å². The molecule has 5 nitrogen and oxygen atoms in total. The van der Waals surface area contributed by atoms with Crippen molar-refractivity contribution in [3.05, 3.63) is 24.5 Å². The molecule has 0 aliphatic carbocycles. The molecule has 3 aromatic rings. The van der Waals surface area contributed by atoms with E-state index in [9.17, 15) is 0 Å². The van der Waals surface area contributed by atoms with Gasteiger partial charge < -0.3 is 9.26 Å². The quantitative estimate of drug-likeness (QED) is 0.600. The molecule has 0 amide bonds. The van der Waals surface area contributed by atoms with E-state index < -0.39 is 0 Å². The first-order valence-electron chi connectivity index (χ1n) is 4.42. The van der Waals surface area contributed by atoms with Crippen LogP contribution in [0.3, 0.4) is 0 Å². The largest absolute Gasteiger partial charge is 0.467 e. The van der Waals surface area contributed by atoms with Crippen LogP contribution in [0.2, 0.25) is 0 Å². The van der Waals surface area contributed by atoms with E-state index in [-0.39, 0.29) is 0 Å². The summed E-state index contributed by atoms with van der Waals surface area (Å²) in [5.74, 6) is 0. The van der Waals surface area contributed by atoms with E-state index in [0.29, 0.717) is 11.6 Å². The van der Waals surface area contributed by atoms with Gasteiger partial charge in [-0.1, -0.05) is 5.16 Å². The van der Waals surface area contributed by atoms with Crippen LogP contribution in [0, 0.1) is 0 Å². The van der Waals surface area contributed by atoms with Crippen molar-refractivity contribution in [2.45, 2.75) is 0 Å². The standard InChI is InChI=1S/C10H7N3O2/c1-14-10-11-4-6-2-3-8-7(5-12-15-8)9(6)13-10/h2-5H,1H3. The number of rotatable bonds is 1. The molecule has 2 heterocycles. The van der Waals surface area contributed by atoms with E-state index >= 15 is 0 Å². The highest BCUT2D eigenvalue weighted by molar-refractivity contribution is 6.02. The summed E-state index contributed by atoms with van der Waals surface area (Å²) >= 11 is 0. The van der Waals surface area contributed by atoms with Crippen molar-refractivity contribution in [3.63, 3.8) is 0 Å². The highest BCUT2D eigenvalue weighted by Crippen LogP contribution is 2.23. The van der Waals surface area contributed by atoms with Crippen LogP contribution in [0.25, 0.3) is 21.9 Å². The first-order chi connectivity index (χ1) is 7.38. The molecule has 0 spiro atoms. The molecule has 74 valence electrons. The summed E-state index contributed by atoms with van der Waals surface area (Å²) in [6, 6.07) is 4.08. The lowest BCUT2D eigenvalue weighted by molar-refractivity contribution is 0.382. The zero-order valence-corrected chi connectivity index (χ0v) is 7.97. The van der Waals surface area contributed by atoms with Crippen LogP contribution in [-0.2, 0) is 0 Å². The van der Waals surface area contributed by atoms with Gasteiger partial charge in [0, 0.05) is 11.6 Å². The monoisotopic (exact) mass is 201 g/mol. The van der Waals surface area contributed by atoms with Gasteiger partial charge in [-0.25, -0.2) is 4.98 Å². The predicted octanol–water partition coefficient (Wildman–Crippen LogP) is 1.78. The maximum Gasteiger partial charge on any atom is 0.316 e. The van der Waals surface area contributed by atoms with Gasteiger partial charge in [-0.15, -0.1) is 0 Å². The second-order valence-corrected chi connectivity index (χ2v) is 3.10. The molecule has 0 atom stereocenters. The van der Waals surface area contributed by atoms with Crippen molar-refractivity contribution >= 4 is 21.9 Å². The van der Waals surface area contributed by atoms with Gasteiger partial charge in [-0.3, -0.25) is 0 Å². The van der Waals surface area contributed by atoms with Gasteiger partial charge in [0.05, 0.1) is 24.2 Å². The fourth-order valence-corrected chi connectivity index (χ4v) is 1.52. The third-order valence-corrected chi connectivity index (χ3v) is 2.25. The molecule has 0 radical (unpaired) electrons. The molecule has 1 aromatic carbocycles. The molecular formula is C10H7N3O2. The lowest BCUT2D eigenvalue weighted by Crippen LogP contribution is -1.91. The molecule has 0 saturated heterocycles. The molecule has 0 N–H and O–H groups in total. The van der Waals surface area contributed by atoms with Gasteiger partial charge >= 0.3 is 6.01 Å². The number of ether oxygens (including phenoxy) is 1. The third kappa shape index (κ3) is 1.13. The van der Waals surface area contributed by atoms with Gasteiger partial charge in [0.15, 0.2) is 5.58 Å². The zero-order chi connectivity index (χ0) is 10.3. The normalized spacial score (nSPS) is 11.0. The summed E-state index contributed by atoms with van der Waals surface area (Å²) in [5.41, 5.74) is 1.50. The summed E-state index contributed by atoms with van der Waals surface area (Å²) in [6.07, 6.45) is 3.36. The van der Waals surface area contributed by atoms with Gasteiger partial charge in [-0.2, -0.15) is 4.98 Å². The minimum Gasteiger partial charge on any atom is -0.467 e. The van der Waals surface area contributed by atoms with Gasteiger partial charge in [-0.05, 0) is 12.1 Å². The van der Waals surface area contributed by atoms with Crippen molar-refractivity contribution in [2.24, 2.45) is 0 Å². The number of hydrogen-bond acceptors (Lipinski definition) is 5. The Labute approximate surface area is 84.7 Å². The third-order valence-electron chi connectivity index (χ3n) is 2.25. The van der Waals surface area contributed by atoms with Crippen molar-refractivity contribution < 1.29 is 9.26 Å².